The van der Waals surface area contributed by atoms with Crippen molar-refractivity contribution >= 4 is 15.7 Å². The molecule has 20 heavy (non-hydrogen) atoms. The molecule has 0 fully saturated rings. The lowest BCUT2D eigenvalue weighted by molar-refractivity contribution is -0.392. The van der Waals surface area contributed by atoms with Crippen LogP contribution in [0.2, 0.25) is 0 Å². The number of hydrogen-bond donors (Lipinski definition) is 0. The smallest absolute Gasteiger partial charge is 0.358 e. The monoisotopic (exact) mass is 295 g/mol. The molecular formula is C12H13N3O4S. The molecule has 0 saturated heterocycles. The Morgan fingerprint density at radius 1 is 1.30 bits per heavy atom. The molecule has 0 radical (unpaired) electrons. The molecule has 0 spiro atoms. The molecule has 0 saturated carbocycles. The van der Waals surface area contributed by atoms with E-state index < -0.39 is 20.6 Å². The molecule has 2 rings (SSSR count). The van der Waals surface area contributed by atoms with Crippen LogP contribution in [0.4, 0.5) is 5.82 Å². The summed E-state index contributed by atoms with van der Waals surface area (Å²) in [5, 5.41) is 10.7. The lowest BCUT2D eigenvalue weighted by Gasteiger charge is -2.06. The van der Waals surface area contributed by atoms with Gasteiger partial charge in [-0.3, -0.25) is 4.57 Å². The second kappa shape index (κ2) is 5.04. The number of rotatable bonds is 4. The second-order valence-corrected chi connectivity index (χ2v) is 5.97. The minimum absolute atomic E-state index is 0.0118. The van der Waals surface area contributed by atoms with Crippen LogP contribution in [0.15, 0.2) is 40.3 Å². The predicted molar refractivity (Wildman–Crippen MR) is 71.2 cm³/mol. The maximum atomic E-state index is 12.6. The standard InChI is InChI=1S/C12H13N3O4S/c1-3-14-9(2)13-11(15(16)17)12(14)20(18,19)10-7-5-4-6-8-10/h4-8H,3H2,1-2H3. The Balaban J connectivity index is 2.78. The number of nitrogens with zero attached hydrogens (tertiary/aromatic N) is 3. The zero-order valence-electron chi connectivity index (χ0n) is 11.0. The average molecular weight is 295 g/mol. The third kappa shape index (κ3) is 2.18. The van der Waals surface area contributed by atoms with Crippen molar-refractivity contribution in [3.63, 3.8) is 0 Å². The zero-order valence-corrected chi connectivity index (χ0v) is 11.8. The number of sulfone groups is 1. The largest absolute Gasteiger partial charge is 0.401 e. The van der Waals surface area contributed by atoms with E-state index in [2.05, 4.69) is 4.98 Å². The van der Waals surface area contributed by atoms with Gasteiger partial charge in [0, 0.05) is 13.5 Å². The van der Waals surface area contributed by atoms with Gasteiger partial charge in [-0.25, -0.2) is 8.42 Å². The van der Waals surface area contributed by atoms with Crippen LogP contribution in [0.25, 0.3) is 0 Å². The average Bonchev–Trinajstić information content (AvgIpc) is 2.77. The first-order valence-electron chi connectivity index (χ1n) is 5.91. The fourth-order valence-electron chi connectivity index (χ4n) is 2.00. The van der Waals surface area contributed by atoms with E-state index in [1.807, 2.05) is 0 Å². The molecule has 1 aromatic heterocycles. The molecule has 8 heteroatoms. The molecule has 0 aliphatic carbocycles. The van der Waals surface area contributed by atoms with Crippen LogP contribution in [0.3, 0.4) is 0 Å². The van der Waals surface area contributed by atoms with Crippen LogP contribution >= 0.6 is 0 Å². The zero-order chi connectivity index (χ0) is 14.9. The first-order valence-corrected chi connectivity index (χ1v) is 7.39. The minimum Gasteiger partial charge on any atom is -0.358 e. The van der Waals surface area contributed by atoms with Crippen LogP contribution in [0.1, 0.15) is 12.7 Å². The lowest BCUT2D eigenvalue weighted by atomic mass is 10.4. The highest BCUT2D eigenvalue weighted by Crippen LogP contribution is 2.29. The summed E-state index contributed by atoms with van der Waals surface area (Å²) in [6.45, 7) is 3.54. The summed E-state index contributed by atoms with van der Waals surface area (Å²) >= 11 is 0. The summed E-state index contributed by atoms with van der Waals surface area (Å²) in [5.41, 5.74) is 0. The molecule has 2 aromatic rings. The van der Waals surface area contributed by atoms with Crippen molar-refractivity contribution in [1.29, 1.82) is 0 Å². The molecule has 0 N–H and O–H groups in total. The second-order valence-electron chi connectivity index (χ2n) is 4.11. The van der Waals surface area contributed by atoms with Gasteiger partial charge in [-0.05, 0) is 29.0 Å². The molecule has 1 aromatic carbocycles. The van der Waals surface area contributed by atoms with Gasteiger partial charge in [-0.2, -0.15) is 0 Å². The fraction of sp³-hybridized carbons (Fsp3) is 0.250. The Morgan fingerprint density at radius 3 is 2.40 bits per heavy atom. The number of benzene rings is 1. The van der Waals surface area contributed by atoms with Crippen molar-refractivity contribution in [2.75, 3.05) is 0 Å². The maximum absolute atomic E-state index is 12.6. The molecule has 0 amide bonds. The third-order valence-corrected chi connectivity index (χ3v) is 4.70. The highest BCUT2D eigenvalue weighted by molar-refractivity contribution is 7.91. The van der Waals surface area contributed by atoms with E-state index in [-0.39, 0.29) is 16.5 Å². The maximum Gasteiger partial charge on any atom is 0.401 e. The SMILES string of the molecule is CCn1c(C)nc([N+](=O)[O-])c1S(=O)(=O)c1ccccc1. The molecule has 0 bridgehead atoms. The first-order chi connectivity index (χ1) is 9.39. The Kier molecular flexibility index (Phi) is 3.58. The van der Waals surface area contributed by atoms with Gasteiger partial charge in [0.15, 0.2) is 0 Å². The van der Waals surface area contributed by atoms with E-state index in [9.17, 15) is 18.5 Å². The molecule has 7 nitrogen and oxygen atoms in total. The summed E-state index contributed by atoms with van der Waals surface area (Å²) in [6, 6.07) is 7.62. The Labute approximate surface area is 116 Å². The van der Waals surface area contributed by atoms with E-state index in [4.69, 9.17) is 0 Å². The number of imidazole rings is 1. The number of hydrogen-bond acceptors (Lipinski definition) is 5. The Morgan fingerprint density at radius 2 is 1.90 bits per heavy atom. The molecule has 0 aliphatic heterocycles. The van der Waals surface area contributed by atoms with E-state index in [0.29, 0.717) is 5.82 Å². The summed E-state index contributed by atoms with van der Waals surface area (Å²) in [6.07, 6.45) is 0. The van der Waals surface area contributed by atoms with Crippen LogP contribution in [0.5, 0.6) is 0 Å². The molecule has 0 aliphatic rings. The van der Waals surface area contributed by atoms with E-state index in [0.717, 1.165) is 0 Å². The lowest BCUT2D eigenvalue weighted by Crippen LogP contribution is -2.12. The summed E-state index contributed by atoms with van der Waals surface area (Å²) in [4.78, 5) is 14.0. The molecule has 0 atom stereocenters. The van der Waals surface area contributed by atoms with E-state index in [1.165, 1.54) is 16.7 Å². The van der Waals surface area contributed by atoms with Gasteiger partial charge in [0.05, 0.1) is 4.90 Å². The topological polar surface area (TPSA) is 95.1 Å². The van der Waals surface area contributed by atoms with Gasteiger partial charge >= 0.3 is 5.82 Å². The molecule has 0 unspecified atom stereocenters. The molecule has 1 heterocycles. The number of nitro groups is 1. The quantitative estimate of drug-likeness (QED) is 0.634. The van der Waals surface area contributed by atoms with Crippen molar-refractivity contribution in [2.24, 2.45) is 0 Å². The molecule has 106 valence electrons. The Bertz CT molecular complexity index is 751. The Hall–Kier alpha value is -2.22. The fourth-order valence-corrected chi connectivity index (χ4v) is 3.65. The van der Waals surface area contributed by atoms with Crippen LogP contribution in [-0.2, 0) is 16.4 Å². The normalized spacial score (nSPS) is 11.5. The highest BCUT2D eigenvalue weighted by atomic mass is 32.2. The van der Waals surface area contributed by atoms with Gasteiger partial charge in [0.25, 0.3) is 0 Å². The summed E-state index contributed by atoms with van der Waals surface area (Å²) < 4.78 is 26.5. The highest BCUT2D eigenvalue weighted by Gasteiger charge is 2.35. The summed E-state index contributed by atoms with van der Waals surface area (Å²) in [5.74, 6) is -0.332. The van der Waals surface area contributed by atoms with Crippen LogP contribution < -0.4 is 0 Å². The van der Waals surface area contributed by atoms with Gasteiger partial charge in [-0.1, -0.05) is 18.2 Å². The predicted octanol–water partition coefficient (Wildman–Crippen LogP) is 1.95. The van der Waals surface area contributed by atoms with Crippen molar-refractivity contribution in [2.45, 2.75) is 30.3 Å². The van der Waals surface area contributed by atoms with Gasteiger partial charge in [0.2, 0.25) is 20.7 Å². The van der Waals surface area contributed by atoms with Gasteiger partial charge in [-0.15, -0.1) is 0 Å². The minimum atomic E-state index is -3.98. The van der Waals surface area contributed by atoms with Crippen LogP contribution in [-0.4, -0.2) is 22.9 Å². The van der Waals surface area contributed by atoms with Crippen molar-refractivity contribution in [1.82, 2.24) is 9.55 Å². The number of aryl methyl sites for hydroxylation is 1. The number of aromatic nitrogens is 2. The van der Waals surface area contributed by atoms with Crippen molar-refractivity contribution in [3.05, 3.63) is 46.3 Å². The van der Waals surface area contributed by atoms with E-state index >= 15 is 0 Å². The molecular weight excluding hydrogens is 282 g/mol. The van der Waals surface area contributed by atoms with Crippen molar-refractivity contribution in [3.8, 4) is 0 Å². The first kappa shape index (κ1) is 14.2. The van der Waals surface area contributed by atoms with Crippen LogP contribution in [0, 0.1) is 17.0 Å². The third-order valence-electron chi connectivity index (χ3n) is 2.89. The van der Waals surface area contributed by atoms with Crippen molar-refractivity contribution < 1.29 is 13.3 Å². The van der Waals surface area contributed by atoms with Gasteiger partial charge in [0.1, 0.15) is 0 Å². The van der Waals surface area contributed by atoms with E-state index in [1.54, 1.807) is 32.0 Å². The van der Waals surface area contributed by atoms with Gasteiger partial charge < -0.3 is 10.1 Å². The summed E-state index contributed by atoms with van der Waals surface area (Å²) in [7, 11) is -3.98.